The topological polar surface area (TPSA) is 44.9 Å². The lowest BCUT2D eigenvalue weighted by Gasteiger charge is -2.28. The van der Waals surface area contributed by atoms with Crippen molar-refractivity contribution in [1.29, 1.82) is 5.26 Å². The summed E-state index contributed by atoms with van der Waals surface area (Å²) in [7, 11) is 0. The SMILES string of the molecule is N#CCN1CCC(=C2c3ccccc3CCn3ccnc32)CC1. The van der Waals surface area contributed by atoms with Gasteiger partial charge in [-0.1, -0.05) is 29.8 Å². The molecule has 1 fully saturated rings. The van der Waals surface area contributed by atoms with E-state index >= 15 is 0 Å². The second-order valence-corrected chi connectivity index (χ2v) is 6.26. The Morgan fingerprint density at radius 1 is 1.09 bits per heavy atom. The molecule has 2 aliphatic heterocycles. The molecular weight excluding hydrogens is 284 g/mol. The van der Waals surface area contributed by atoms with E-state index in [1.54, 1.807) is 0 Å². The zero-order chi connectivity index (χ0) is 15.6. The van der Waals surface area contributed by atoms with Crippen LogP contribution in [0.5, 0.6) is 0 Å². The van der Waals surface area contributed by atoms with E-state index in [-0.39, 0.29) is 0 Å². The first kappa shape index (κ1) is 14.2. The third-order valence-electron chi connectivity index (χ3n) is 4.96. The van der Waals surface area contributed by atoms with Gasteiger partial charge >= 0.3 is 0 Å². The Morgan fingerprint density at radius 3 is 2.74 bits per heavy atom. The van der Waals surface area contributed by atoms with Crippen molar-refractivity contribution in [1.82, 2.24) is 14.5 Å². The average molecular weight is 304 g/mol. The van der Waals surface area contributed by atoms with Crippen molar-refractivity contribution >= 4 is 5.57 Å². The van der Waals surface area contributed by atoms with Gasteiger partial charge in [-0.2, -0.15) is 5.26 Å². The molecule has 4 rings (SSSR count). The average Bonchev–Trinajstić information content (AvgIpc) is 2.98. The molecule has 0 bridgehead atoms. The summed E-state index contributed by atoms with van der Waals surface area (Å²) in [5.74, 6) is 1.11. The molecule has 2 aromatic rings. The van der Waals surface area contributed by atoms with Crippen LogP contribution in [0, 0.1) is 11.3 Å². The highest BCUT2D eigenvalue weighted by Gasteiger charge is 2.24. The smallest absolute Gasteiger partial charge is 0.140 e. The molecule has 0 atom stereocenters. The number of aromatic nitrogens is 2. The monoisotopic (exact) mass is 304 g/mol. The molecule has 0 radical (unpaired) electrons. The van der Waals surface area contributed by atoms with Gasteiger partial charge in [0.25, 0.3) is 0 Å². The van der Waals surface area contributed by atoms with Gasteiger partial charge < -0.3 is 4.57 Å². The molecule has 1 saturated heterocycles. The summed E-state index contributed by atoms with van der Waals surface area (Å²) in [4.78, 5) is 6.90. The Morgan fingerprint density at radius 2 is 1.91 bits per heavy atom. The summed E-state index contributed by atoms with van der Waals surface area (Å²) in [5, 5.41) is 8.89. The minimum Gasteiger partial charge on any atom is -0.331 e. The first-order valence-electron chi connectivity index (χ1n) is 8.28. The molecule has 116 valence electrons. The molecule has 23 heavy (non-hydrogen) atoms. The minimum atomic E-state index is 0.536. The number of benzene rings is 1. The molecule has 4 heteroatoms. The van der Waals surface area contributed by atoms with E-state index in [4.69, 9.17) is 5.26 Å². The van der Waals surface area contributed by atoms with Crippen molar-refractivity contribution in [2.75, 3.05) is 19.6 Å². The summed E-state index contributed by atoms with van der Waals surface area (Å²) in [6, 6.07) is 11.0. The van der Waals surface area contributed by atoms with E-state index in [9.17, 15) is 0 Å². The highest BCUT2D eigenvalue weighted by Crippen LogP contribution is 2.35. The number of fused-ring (bicyclic) bond motifs is 2. The Kier molecular flexibility index (Phi) is 3.72. The summed E-state index contributed by atoms with van der Waals surface area (Å²) >= 11 is 0. The van der Waals surface area contributed by atoms with E-state index in [2.05, 4.69) is 51.0 Å². The van der Waals surface area contributed by atoms with Gasteiger partial charge in [-0.25, -0.2) is 4.98 Å². The van der Waals surface area contributed by atoms with Crippen LogP contribution in [0.4, 0.5) is 0 Å². The lowest BCUT2D eigenvalue weighted by atomic mass is 9.90. The number of piperidine rings is 1. The number of likely N-dealkylation sites (tertiary alicyclic amines) is 1. The highest BCUT2D eigenvalue weighted by molar-refractivity contribution is 5.81. The van der Waals surface area contributed by atoms with Gasteiger partial charge in [-0.15, -0.1) is 0 Å². The normalized spacial score (nSPS) is 18.0. The molecule has 0 N–H and O–H groups in total. The molecule has 0 saturated carbocycles. The fourth-order valence-corrected chi connectivity index (χ4v) is 3.74. The molecule has 3 heterocycles. The number of hydrogen-bond donors (Lipinski definition) is 0. The summed E-state index contributed by atoms with van der Waals surface area (Å²) in [6.07, 6.45) is 7.11. The molecule has 0 unspecified atom stereocenters. The summed E-state index contributed by atoms with van der Waals surface area (Å²) in [5.41, 5.74) is 5.59. The Hall–Kier alpha value is -2.38. The number of imidazole rings is 1. The lowest BCUT2D eigenvalue weighted by molar-refractivity contribution is 0.286. The maximum Gasteiger partial charge on any atom is 0.140 e. The molecule has 1 aromatic carbocycles. The van der Waals surface area contributed by atoms with Crippen LogP contribution in [0.3, 0.4) is 0 Å². The molecular formula is C19H20N4. The van der Waals surface area contributed by atoms with Gasteiger partial charge in [-0.3, -0.25) is 4.90 Å². The number of aryl methyl sites for hydroxylation is 2. The van der Waals surface area contributed by atoms with Crippen molar-refractivity contribution in [3.8, 4) is 6.07 Å². The maximum absolute atomic E-state index is 8.89. The van der Waals surface area contributed by atoms with Crippen molar-refractivity contribution in [2.45, 2.75) is 25.8 Å². The van der Waals surface area contributed by atoms with Crippen LogP contribution in [0.2, 0.25) is 0 Å². The van der Waals surface area contributed by atoms with Crippen LogP contribution in [-0.2, 0) is 13.0 Å². The van der Waals surface area contributed by atoms with Crippen LogP contribution in [0.1, 0.15) is 29.8 Å². The van der Waals surface area contributed by atoms with E-state index in [0.717, 1.165) is 44.7 Å². The largest absolute Gasteiger partial charge is 0.331 e. The Labute approximate surface area is 136 Å². The quantitative estimate of drug-likeness (QED) is 0.761. The zero-order valence-electron chi connectivity index (χ0n) is 13.2. The Balaban J connectivity index is 1.79. The van der Waals surface area contributed by atoms with Gasteiger partial charge in [0.15, 0.2) is 0 Å². The molecule has 0 amide bonds. The van der Waals surface area contributed by atoms with E-state index < -0.39 is 0 Å². The first-order valence-corrected chi connectivity index (χ1v) is 8.28. The third-order valence-corrected chi connectivity index (χ3v) is 4.96. The number of nitrogens with zero attached hydrogens (tertiary/aromatic N) is 4. The third kappa shape index (κ3) is 2.58. The van der Waals surface area contributed by atoms with Gasteiger partial charge in [0.05, 0.1) is 12.6 Å². The molecule has 4 nitrogen and oxygen atoms in total. The van der Waals surface area contributed by atoms with Crippen LogP contribution in [-0.4, -0.2) is 34.1 Å². The van der Waals surface area contributed by atoms with Crippen LogP contribution < -0.4 is 0 Å². The predicted octanol–water partition coefficient (Wildman–Crippen LogP) is 2.86. The van der Waals surface area contributed by atoms with Crippen LogP contribution >= 0.6 is 0 Å². The fraction of sp³-hybridized carbons (Fsp3) is 0.368. The van der Waals surface area contributed by atoms with E-state index in [1.165, 1.54) is 22.3 Å². The number of hydrogen-bond acceptors (Lipinski definition) is 3. The number of rotatable bonds is 1. The number of nitriles is 1. The highest BCUT2D eigenvalue weighted by atomic mass is 15.1. The van der Waals surface area contributed by atoms with Crippen molar-refractivity contribution in [3.05, 3.63) is 59.2 Å². The summed E-state index contributed by atoms with van der Waals surface area (Å²) < 4.78 is 2.28. The lowest BCUT2D eigenvalue weighted by Crippen LogP contribution is -2.31. The van der Waals surface area contributed by atoms with Crippen molar-refractivity contribution in [2.24, 2.45) is 0 Å². The fourth-order valence-electron chi connectivity index (χ4n) is 3.74. The van der Waals surface area contributed by atoms with Crippen LogP contribution in [0.25, 0.3) is 5.57 Å². The van der Waals surface area contributed by atoms with E-state index in [0.29, 0.717) is 6.54 Å². The summed E-state index contributed by atoms with van der Waals surface area (Å²) in [6.45, 7) is 3.46. The Bertz CT molecular complexity index is 784. The second-order valence-electron chi connectivity index (χ2n) is 6.26. The minimum absolute atomic E-state index is 0.536. The van der Waals surface area contributed by atoms with Crippen LogP contribution in [0.15, 0.2) is 42.2 Å². The van der Waals surface area contributed by atoms with Gasteiger partial charge in [0.1, 0.15) is 5.82 Å². The van der Waals surface area contributed by atoms with Crippen molar-refractivity contribution in [3.63, 3.8) is 0 Å². The van der Waals surface area contributed by atoms with Gasteiger partial charge in [-0.05, 0) is 30.4 Å². The van der Waals surface area contributed by atoms with Gasteiger partial charge in [0, 0.05) is 37.6 Å². The predicted molar refractivity (Wildman–Crippen MR) is 89.7 cm³/mol. The molecule has 0 aliphatic carbocycles. The first-order chi connectivity index (χ1) is 11.4. The molecule has 0 spiro atoms. The standard InChI is InChI=1S/C19H20N4/c20-8-13-22-10-5-16(6-11-22)18-17-4-2-1-3-15(17)7-12-23-14-9-21-19(18)23/h1-4,9,14H,5-7,10-13H2. The van der Waals surface area contributed by atoms with Gasteiger partial charge in [0.2, 0.25) is 0 Å². The maximum atomic E-state index is 8.89. The molecule has 1 aromatic heterocycles. The zero-order valence-corrected chi connectivity index (χ0v) is 13.2. The molecule has 2 aliphatic rings. The van der Waals surface area contributed by atoms with E-state index in [1.807, 2.05) is 6.20 Å². The second kappa shape index (κ2) is 6.02. The van der Waals surface area contributed by atoms with Crippen molar-refractivity contribution < 1.29 is 0 Å².